The number of rotatable bonds is 5. The van der Waals surface area contributed by atoms with Crippen molar-refractivity contribution in [3.8, 4) is 23.0 Å². The summed E-state index contributed by atoms with van der Waals surface area (Å²) in [5.74, 6) is 2.65. The van der Waals surface area contributed by atoms with E-state index in [-0.39, 0.29) is 0 Å². The lowest BCUT2D eigenvalue weighted by molar-refractivity contribution is 0.214. The van der Waals surface area contributed by atoms with Crippen molar-refractivity contribution in [1.29, 1.82) is 0 Å². The first-order valence-electron chi connectivity index (χ1n) is 8.91. The van der Waals surface area contributed by atoms with Crippen LogP contribution in [0.3, 0.4) is 0 Å². The minimum absolute atomic E-state index is 0.545. The molecule has 5 nitrogen and oxygen atoms in total. The number of fused-ring (bicyclic) bond motifs is 1. The van der Waals surface area contributed by atoms with Crippen molar-refractivity contribution in [3.05, 3.63) is 52.6 Å². The van der Waals surface area contributed by atoms with Crippen molar-refractivity contribution in [2.24, 2.45) is 0 Å². The Morgan fingerprint density at radius 2 is 1.59 bits per heavy atom. The van der Waals surface area contributed by atoms with Gasteiger partial charge >= 0.3 is 0 Å². The van der Waals surface area contributed by atoms with Gasteiger partial charge in [0.2, 0.25) is 5.75 Å². The molecule has 1 aliphatic carbocycles. The first-order chi connectivity index (χ1) is 13.0. The molecule has 0 unspecified atom stereocenters. The number of aliphatic hydroxyl groups is 1. The Morgan fingerprint density at radius 1 is 0.889 bits per heavy atom. The summed E-state index contributed by atoms with van der Waals surface area (Å²) in [6, 6.07) is 7.97. The summed E-state index contributed by atoms with van der Waals surface area (Å²) in [5, 5.41) is 10.5. The molecule has 0 fully saturated rings. The minimum atomic E-state index is -0.545. The second kappa shape index (κ2) is 7.92. The molecule has 1 aliphatic rings. The van der Waals surface area contributed by atoms with Gasteiger partial charge in [-0.1, -0.05) is 6.07 Å². The molecule has 5 heteroatoms. The maximum Gasteiger partial charge on any atom is 0.203 e. The Labute approximate surface area is 160 Å². The molecule has 3 rings (SSSR count). The van der Waals surface area contributed by atoms with Gasteiger partial charge in [-0.2, -0.15) is 0 Å². The van der Waals surface area contributed by atoms with Crippen molar-refractivity contribution in [2.75, 3.05) is 28.4 Å². The van der Waals surface area contributed by atoms with Crippen molar-refractivity contribution in [2.45, 2.75) is 25.9 Å². The predicted octanol–water partition coefficient (Wildman–Crippen LogP) is 3.77. The van der Waals surface area contributed by atoms with Gasteiger partial charge in [-0.3, -0.25) is 0 Å². The third-order valence-electron chi connectivity index (χ3n) is 4.98. The summed E-state index contributed by atoms with van der Waals surface area (Å²) in [6.07, 6.45) is 2.64. The summed E-state index contributed by atoms with van der Waals surface area (Å²) < 4.78 is 22.1. The summed E-state index contributed by atoms with van der Waals surface area (Å²) in [5.41, 5.74) is 4.96. The number of hydrogen-bond donors (Lipinski definition) is 1. The minimum Gasteiger partial charge on any atom is -0.496 e. The van der Waals surface area contributed by atoms with Crippen LogP contribution >= 0.6 is 0 Å². The van der Waals surface area contributed by atoms with E-state index in [1.807, 2.05) is 31.2 Å². The molecule has 1 N–H and O–H groups in total. The number of benzene rings is 2. The number of hydrogen-bond acceptors (Lipinski definition) is 5. The average Bonchev–Trinajstić information content (AvgIpc) is 2.85. The monoisotopic (exact) mass is 370 g/mol. The van der Waals surface area contributed by atoms with Gasteiger partial charge < -0.3 is 24.1 Å². The average molecular weight is 370 g/mol. The molecule has 0 radical (unpaired) electrons. The molecule has 0 aliphatic heterocycles. The second-order valence-electron chi connectivity index (χ2n) is 6.54. The largest absolute Gasteiger partial charge is 0.496 e. The third-order valence-corrected chi connectivity index (χ3v) is 4.98. The highest BCUT2D eigenvalue weighted by molar-refractivity contribution is 5.85. The molecule has 2 aromatic carbocycles. The Morgan fingerprint density at radius 3 is 2.19 bits per heavy atom. The molecule has 27 heavy (non-hydrogen) atoms. The van der Waals surface area contributed by atoms with Crippen LogP contribution in [0.1, 0.15) is 28.7 Å². The lowest BCUT2D eigenvalue weighted by atomic mass is 9.91. The van der Waals surface area contributed by atoms with Crippen LogP contribution in [0.2, 0.25) is 0 Å². The zero-order valence-electron chi connectivity index (χ0n) is 16.5. The third kappa shape index (κ3) is 3.47. The van der Waals surface area contributed by atoms with Gasteiger partial charge in [0.05, 0.1) is 34.5 Å². The van der Waals surface area contributed by atoms with Crippen LogP contribution in [-0.2, 0) is 6.42 Å². The first-order valence-corrected chi connectivity index (χ1v) is 8.91. The summed E-state index contributed by atoms with van der Waals surface area (Å²) in [4.78, 5) is 0. The van der Waals surface area contributed by atoms with Crippen LogP contribution in [0.25, 0.3) is 5.57 Å². The van der Waals surface area contributed by atoms with E-state index in [1.165, 1.54) is 0 Å². The smallest absolute Gasteiger partial charge is 0.203 e. The van der Waals surface area contributed by atoms with E-state index in [2.05, 4.69) is 6.07 Å². The summed E-state index contributed by atoms with van der Waals surface area (Å²) >= 11 is 0. The Bertz CT molecular complexity index is 869. The maximum absolute atomic E-state index is 10.5. The van der Waals surface area contributed by atoms with Crippen molar-refractivity contribution >= 4 is 5.57 Å². The van der Waals surface area contributed by atoms with Gasteiger partial charge in [0, 0.05) is 5.56 Å². The van der Waals surface area contributed by atoms with E-state index >= 15 is 0 Å². The molecule has 0 bridgehead atoms. The van der Waals surface area contributed by atoms with Crippen molar-refractivity contribution in [1.82, 2.24) is 0 Å². The van der Waals surface area contributed by atoms with E-state index in [0.717, 1.165) is 33.6 Å². The van der Waals surface area contributed by atoms with Crippen molar-refractivity contribution < 1.29 is 24.1 Å². The van der Waals surface area contributed by atoms with Crippen LogP contribution in [-0.4, -0.2) is 39.6 Å². The fraction of sp³-hybridized carbons (Fsp3) is 0.364. The van der Waals surface area contributed by atoms with E-state index in [1.54, 1.807) is 28.4 Å². The lowest BCUT2D eigenvalue weighted by Gasteiger charge is -2.20. The fourth-order valence-electron chi connectivity index (χ4n) is 3.66. The Hall–Kier alpha value is -2.66. The molecule has 1 atom stereocenters. The normalized spacial score (nSPS) is 16.1. The molecule has 0 spiro atoms. The van der Waals surface area contributed by atoms with Crippen LogP contribution in [0, 0.1) is 6.92 Å². The standard InChI is InChI=1S/C22H26O5/c1-13-10-14(6-9-19(13)24-2)17-11-15(23)7-8-16-18(17)12-20(25-3)22(27-5)21(16)26-4/h6,9-12,15,23H,7-8H2,1-5H3/t15-/m0/s1. The van der Waals surface area contributed by atoms with Crippen LogP contribution in [0.15, 0.2) is 30.3 Å². The van der Waals surface area contributed by atoms with Gasteiger partial charge in [-0.15, -0.1) is 0 Å². The van der Waals surface area contributed by atoms with Gasteiger partial charge in [0.1, 0.15) is 5.75 Å². The van der Waals surface area contributed by atoms with Gasteiger partial charge in [0.15, 0.2) is 11.5 Å². The number of ether oxygens (including phenoxy) is 4. The molecular weight excluding hydrogens is 344 g/mol. The molecular formula is C22H26O5. The van der Waals surface area contributed by atoms with Crippen LogP contribution in [0.5, 0.6) is 23.0 Å². The van der Waals surface area contributed by atoms with Gasteiger partial charge in [0.25, 0.3) is 0 Å². The first kappa shape index (κ1) is 19.1. The van der Waals surface area contributed by atoms with Crippen molar-refractivity contribution in [3.63, 3.8) is 0 Å². The maximum atomic E-state index is 10.5. The Kier molecular flexibility index (Phi) is 5.61. The molecule has 0 saturated heterocycles. The zero-order valence-corrected chi connectivity index (χ0v) is 16.5. The molecule has 0 aromatic heterocycles. The topological polar surface area (TPSA) is 57.2 Å². The SMILES string of the molecule is COc1ccc(C2=C[C@@H](O)CCc3c2cc(OC)c(OC)c3OC)cc1C. The highest BCUT2D eigenvalue weighted by Crippen LogP contribution is 2.46. The molecule has 0 amide bonds. The number of methoxy groups -OCH3 is 4. The highest BCUT2D eigenvalue weighted by Gasteiger charge is 2.26. The number of aliphatic hydroxyl groups excluding tert-OH is 1. The van der Waals surface area contributed by atoms with Gasteiger partial charge in [-0.05, 0) is 66.3 Å². The predicted molar refractivity (Wildman–Crippen MR) is 105 cm³/mol. The zero-order chi connectivity index (χ0) is 19.6. The summed E-state index contributed by atoms with van der Waals surface area (Å²) in [7, 11) is 6.49. The number of aryl methyl sites for hydroxylation is 1. The fourth-order valence-corrected chi connectivity index (χ4v) is 3.66. The molecule has 144 valence electrons. The molecule has 0 heterocycles. The van der Waals surface area contributed by atoms with E-state index in [9.17, 15) is 5.11 Å². The van der Waals surface area contributed by atoms with E-state index in [4.69, 9.17) is 18.9 Å². The molecule has 2 aromatic rings. The molecule has 0 saturated carbocycles. The highest BCUT2D eigenvalue weighted by atomic mass is 16.5. The van der Waals surface area contributed by atoms with Crippen LogP contribution < -0.4 is 18.9 Å². The lowest BCUT2D eigenvalue weighted by Crippen LogP contribution is -2.04. The van der Waals surface area contributed by atoms with E-state index in [0.29, 0.717) is 30.1 Å². The van der Waals surface area contributed by atoms with Gasteiger partial charge in [-0.25, -0.2) is 0 Å². The van der Waals surface area contributed by atoms with Crippen LogP contribution in [0.4, 0.5) is 0 Å². The quantitative estimate of drug-likeness (QED) is 0.868. The van der Waals surface area contributed by atoms with E-state index < -0.39 is 6.10 Å². The second-order valence-corrected chi connectivity index (χ2v) is 6.54. The Balaban J connectivity index is 2.26. The summed E-state index contributed by atoms with van der Waals surface area (Å²) in [6.45, 7) is 2.01.